The number of carbonyl (C=O) groups excluding carboxylic acids is 1. The molecule has 15 heavy (non-hydrogen) atoms. The molecule has 0 bridgehead atoms. The van der Waals surface area contributed by atoms with E-state index in [0.29, 0.717) is 13.2 Å². The van der Waals surface area contributed by atoms with Crippen LogP contribution in [0.25, 0.3) is 0 Å². The lowest BCUT2D eigenvalue weighted by molar-refractivity contribution is -0.131. The predicted octanol–water partition coefficient (Wildman–Crippen LogP) is 2.44. The van der Waals surface area contributed by atoms with E-state index in [1.54, 1.807) is 6.92 Å². The van der Waals surface area contributed by atoms with E-state index in [-0.39, 0.29) is 5.91 Å². The minimum absolute atomic E-state index is 0.0960. The van der Waals surface area contributed by atoms with Gasteiger partial charge in [0.05, 0.1) is 10.9 Å². The zero-order valence-electron chi connectivity index (χ0n) is 8.75. The Balaban J connectivity index is 2.34. The maximum atomic E-state index is 11.4. The van der Waals surface area contributed by atoms with Crippen molar-refractivity contribution in [3.63, 3.8) is 0 Å². The van der Waals surface area contributed by atoms with Crippen LogP contribution in [0, 0.1) is 0 Å². The van der Waals surface area contributed by atoms with Gasteiger partial charge in [0.15, 0.2) is 0 Å². The fourth-order valence-corrected chi connectivity index (χ4v) is 2.12. The van der Waals surface area contributed by atoms with Gasteiger partial charge in [-0.25, -0.2) is 0 Å². The smallest absolute Gasteiger partial charge is 0.249 e. The molecule has 1 N–H and O–H groups in total. The van der Waals surface area contributed by atoms with E-state index in [1.165, 1.54) is 11.3 Å². The average Bonchev–Trinajstić information content (AvgIpc) is 2.61. The lowest BCUT2D eigenvalue weighted by Crippen LogP contribution is -2.33. The highest BCUT2D eigenvalue weighted by Crippen LogP contribution is 2.20. The topological polar surface area (TPSA) is 38.3 Å². The normalized spacial score (nSPS) is 12.5. The van der Waals surface area contributed by atoms with E-state index in [0.717, 1.165) is 9.21 Å². The maximum Gasteiger partial charge on any atom is 0.249 e. The fraction of sp³-hybridized carbons (Fsp3) is 0.500. The zero-order chi connectivity index (χ0) is 11.3. The van der Waals surface area contributed by atoms with Crippen LogP contribution in [0.2, 0.25) is 4.34 Å². The third-order valence-corrected chi connectivity index (χ3v) is 3.08. The molecule has 1 heterocycles. The lowest BCUT2D eigenvalue weighted by Gasteiger charge is -2.11. The van der Waals surface area contributed by atoms with Crippen molar-refractivity contribution in [1.29, 1.82) is 0 Å². The second-order valence-electron chi connectivity index (χ2n) is 3.02. The summed E-state index contributed by atoms with van der Waals surface area (Å²) in [5, 5.41) is 2.78. The van der Waals surface area contributed by atoms with Crippen LogP contribution >= 0.6 is 22.9 Å². The second kappa shape index (κ2) is 6.10. The van der Waals surface area contributed by atoms with Gasteiger partial charge in [0, 0.05) is 11.5 Å². The molecule has 0 saturated carbocycles. The molecular formula is C10H14ClNO2S. The molecule has 1 aromatic heterocycles. The summed E-state index contributed by atoms with van der Waals surface area (Å²) >= 11 is 7.23. The molecular weight excluding hydrogens is 234 g/mol. The quantitative estimate of drug-likeness (QED) is 0.868. The molecule has 0 spiro atoms. The third kappa shape index (κ3) is 4.20. The highest BCUT2D eigenvalue weighted by Gasteiger charge is 2.11. The summed E-state index contributed by atoms with van der Waals surface area (Å²) < 4.78 is 5.90. The van der Waals surface area contributed by atoms with Crippen molar-refractivity contribution in [3.05, 3.63) is 21.3 Å². The molecule has 0 aliphatic rings. The first-order valence-electron chi connectivity index (χ1n) is 4.77. The highest BCUT2D eigenvalue weighted by atomic mass is 35.5. The number of thiophene rings is 1. The van der Waals surface area contributed by atoms with Gasteiger partial charge in [0.25, 0.3) is 0 Å². The molecule has 5 heteroatoms. The van der Waals surface area contributed by atoms with E-state index >= 15 is 0 Å². The van der Waals surface area contributed by atoms with Crippen molar-refractivity contribution in [1.82, 2.24) is 5.32 Å². The predicted molar refractivity (Wildman–Crippen MR) is 62.3 cm³/mol. The van der Waals surface area contributed by atoms with Crippen LogP contribution < -0.4 is 5.32 Å². The third-order valence-electron chi connectivity index (χ3n) is 1.85. The number of nitrogens with one attached hydrogen (secondary N) is 1. The molecule has 0 radical (unpaired) electrons. The highest BCUT2D eigenvalue weighted by molar-refractivity contribution is 7.16. The summed E-state index contributed by atoms with van der Waals surface area (Å²) in [7, 11) is 0. The lowest BCUT2D eigenvalue weighted by atomic mass is 10.3. The monoisotopic (exact) mass is 247 g/mol. The number of halogens is 1. The Morgan fingerprint density at radius 3 is 2.93 bits per heavy atom. The molecule has 1 unspecified atom stereocenters. The van der Waals surface area contributed by atoms with Crippen LogP contribution in [-0.4, -0.2) is 18.6 Å². The number of ether oxygens (including phenoxy) is 1. The van der Waals surface area contributed by atoms with Crippen molar-refractivity contribution in [2.45, 2.75) is 26.5 Å². The summed E-state index contributed by atoms with van der Waals surface area (Å²) in [5.41, 5.74) is 0. The minimum Gasteiger partial charge on any atom is -0.369 e. The molecule has 3 nitrogen and oxygen atoms in total. The Hall–Kier alpha value is -0.580. The molecule has 84 valence electrons. The Bertz CT molecular complexity index is 327. The Morgan fingerprint density at radius 1 is 1.67 bits per heavy atom. The van der Waals surface area contributed by atoms with Gasteiger partial charge in [-0.1, -0.05) is 11.6 Å². The van der Waals surface area contributed by atoms with E-state index < -0.39 is 6.10 Å². The zero-order valence-corrected chi connectivity index (χ0v) is 10.3. The molecule has 1 aromatic rings. The van der Waals surface area contributed by atoms with Crippen molar-refractivity contribution in [3.8, 4) is 0 Å². The number of carbonyl (C=O) groups is 1. The van der Waals surface area contributed by atoms with Gasteiger partial charge in [-0.3, -0.25) is 4.79 Å². The molecule has 1 amide bonds. The van der Waals surface area contributed by atoms with E-state index in [4.69, 9.17) is 16.3 Å². The molecule has 1 rings (SSSR count). The first-order valence-corrected chi connectivity index (χ1v) is 5.96. The standard InChI is InChI=1S/C10H14ClNO2S/c1-3-14-7(2)10(13)12-6-8-4-5-9(11)15-8/h4-5,7H,3,6H2,1-2H3,(H,12,13). The van der Waals surface area contributed by atoms with Crippen molar-refractivity contribution in [2.75, 3.05) is 6.61 Å². The first kappa shape index (κ1) is 12.5. The number of rotatable bonds is 5. The summed E-state index contributed by atoms with van der Waals surface area (Å²) in [4.78, 5) is 12.5. The summed E-state index contributed by atoms with van der Waals surface area (Å²) in [6.45, 7) is 4.65. The molecule has 0 fully saturated rings. The Kier molecular flexibility index (Phi) is 5.08. The SMILES string of the molecule is CCOC(C)C(=O)NCc1ccc(Cl)s1. The summed E-state index contributed by atoms with van der Waals surface area (Å²) in [6.07, 6.45) is -0.398. The number of hydrogen-bond acceptors (Lipinski definition) is 3. The van der Waals surface area contributed by atoms with Gasteiger partial charge in [0.1, 0.15) is 6.10 Å². The second-order valence-corrected chi connectivity index (χ2v) is 4.82. The van der Waals surface area contributed by atoms with Gasteiger partial charge in [-0.05, 0) is 26.0 Å². The molecule has 0 aliphatic carbocycles. The first-order chi connectivity index (χ1) is 7.13. The largest absolute Gasteiger partial charge is 0.369 e. The van der Waals surface area contributed by atoms with Crippen molar-refractivity contribution >= 4 is 28.8 Å². The van der Waals surface area contributed by atoms with Gasteiger partial charge < -0.3 is 10.1 Å². The van der Waals surface area contributed by atoms with E-state index in [1.807, 2.05) is 19.1 Å². The Morgan fingerprint density at radius 2 is 2.40 bits per heavy atom. The van der Waals surface area contributed by atoms with Gasteiger partial charge in [-0.2, -0.15) is 0 Å². The number of hydrogen-bond donors (Lipinski definition) is 1. The van der Waals surface area contributed by atoms with Crippen LogP contribution in [0.3, 0.4) is 0 Å². The van der Waals surface area contributed by atoms with Crippen LogP contribution in [0.15, 0.2) is 12.1 Å². The van der Waals surface area contributed by atoms with Gasteiger partial charge in [-0.15, -0.1) is 11.3 Å². The van der Waals surface area contributed by atoms with Crippen molar-refractivity contribution in [2.24, 2.45) is 0 Å². The van der Waals surface area contributed by atoms with Gasteiger partial charge >= 0.3 is 0 Å². The molecule has 0 aromatic carbocycles. The van der Waals surface area contributed by atoms with Crippen LogP contribution in [0.5, 0.6) is 0 Å². The van der Waals surface area contributed by atoms with Crippen LogP contribution in [0.4, 0.5) is 0 Å². The van der Waals surface area contributed by atoms with Crippen LogP contribution in [-0.2, 0) is 16.1 Å². The van der Waals surface area contributed by atoms with Crippen LogP contribution in [0.1, 0.15) is 18.7 Å². The fourth-order valence-electron chi connectivity index (χ4n) is 1.09. The Labute approximate surface area is 98.4 Å². The summed E-state index contributed by atoms with van der Waals surface area (Å²) in [5.74, 6) is -0.0960. The maximum absolute atomic E-state index is 11.4. The van der Waals surface area contributed by atoms with Gasteiger partial charge in [0.2, 0.25) is 5.91 Å². The average molecular weight is 248 g/mol. The summed E-state index contributed by atoms with van der Waals surface area (Å²) in [6, 6.07) is 3.72. The molecule has 0 saturated heterocycles. The van der Waals surface area contributed by atoms with E-state index in [9.17, 15) is 4.79 Å². The van der Waals surface area contributed by atoms with E-state index in [2.05, 4.69) is 5.32 Å². The minimum atomic E-state index is -0.398. The molecule has 0 aliphatic heterocycles. The number of amides is 1. The molecule has 1 atom stereocenters. The van der Waals surface area contributed by atoms with Crippen molar-refractivity contribution < 1.29 is 9.53 Å².